The summed E-state index contributed by atoms with van der Waals surface area (Å²) >= 11 is 0. The van der Waals surface area contributed by atoms with E-state index in [0.717, 1.165) is 11.3 Å². The van der Waals surface area contributed by atoms with Gasteiger partial charge in [-0.15, -0.1) is 0 Å². The molecule has 1 aliphatic rings. The number of halogens is 1. The van der Waals surface area contributed by atoms with Gasteiger partial charge in [0.25, 0.3) is 11.8 Å². The molecule has 0 spiro atoms. The summed E-state index contributed by atoms with van der Waals surface area (Å²) in [6, 6.07) is 20.6. The molecule has 5 nitrogen and oxygen atoms in total. The zero-order chi connectivity index (χ0) is 22.0. The molecular weight excluding hydrogens is 393 g/mol. The van der Waals surface area contributed by atoms with Crippen molar-refractivity contribution < 1.29 is 14.0 Å². The Bertz CT molecular complexity index is 1110. The number of rotatable bonds is 6. The van der Waals surface area contributed by atoms with Crippen LogP contribution in [-0.2, 0) is 0 Å². The Kier molecular flexibility index (Phi) is 5.71. The molecule has 0 aliphatic carbocycles. The number of carbonyl (C=O) groups excluding carboxylic acids is 2. The number of fused-ring (bicyclic) bond motifs is 1. The summed E-state index contributed by atoms with van der Waals surface area (Å²) in [4.78, 5) is 27.2. The number of para-hydroxylation sites is 1. The van der Waals surface area contributed by atoms with Crippen LogP contribution < -0.4 is 10.6 Å². The Balaban J connectivity index is 1.52. The molecule has 1 aliphatic heterocycles. The molecule has 2 N–H and O–H groups in total. The first kappa shape index (κ1) is 20.6. The van der Waals surface area contributed by atoms with E-state index in [-0.39, 0.29) is 23.7 Å². The Morgan fingerprint density at radius 2 is 1.68 bits per heavy atom. The van der Waals surface area contributed by atoms with Crippen LogP contribution >= 0.6 is 0 Å². The second-order valence-corrected chi connectivity index (χ2v) is 8.00. The highest BCUT2D eigenvalue weighted by Crippen LogP contribution is 2.34. The third kappa shape index (κ3) is 4.28. The fourth-order valence-corrected chi connectivity index (χ4v) is 3.74. The van der Waals surface area contributed by atoms with E-state index in [2.05, 4.69) is 24.5 Å². The standard InChI is InChI=1S/C25H24FN3O2/c1-16(2)15-29-23(19-7-3-4-8-20(19)25(29)31)27-18-13-11-17(12-14-18)24(30)28-22-10-6-5-9-21(22)26/h3-14,16,23,27H,15H2,1-2H3,(H,28,30). The van der Waals surface area contributed by atoms with Gasteiger partial charge in [0.2, 0.25) is 0 Å². The summed E-state index contributed by atoms with van der Waals surface area (Å²) in [5, 5.41) is 6.00. The second-order valence-electron chi connectivity index (χ2n) is 8.00. The summed E-state index contributed by atoms with van der Waals surface area (Å²) in [6.07, 6.45) is -0.274. The van der Waals surface area contributed by atoms with E-state index < -0.39 is 5.82 Å². The minimum atomic E-state index is -0.482. The van der Waals surface area contributed by atoms with Gasteiger partial charge in [-0.2, -0.15) is 0 Å². The molecule has 31 heavy (non-hydrogen) atoms. The van der Waals surface area contributed by atoms with Gasteiger partial charge < -0.3 is 15.5 Å². The molecule has 1 unspecified atom stereocenters. The van der Waals surface area contributed by atoms with Gasteiger partial charge in [-0.3, -0.25) is 9.59 Å². The van der Waals surface area contributed by atoms with E-state index in [1.54, 1.807) is 36.4 Å². The third-order valence-electron chi connectivity index (χ3n) is 5.19. The maximum absolute atomic E-state index is 13.8. The number of carbonyl (C=O) groups is 2. The molecule has 0 radical (unpaired) electrons. The topological polar surface area (TPSA) is 61.4 Å². The molecule has 1 heterocycles. The van der Waals surface area contributed by atoms with Crippen LogP contribution in [0.4, 0.5) is 15.8 Å². The molecule has 0 saturated heterocycles. The van der Waals surface area contributed by atoms with Crippen LogP contribution in [0.1, 0.15) is 46.3 Å². The first-order valence-electron chi connectivity index (χ1n) is 10.3. The highest BCUT2D eigenvalue weighted by Gasteiger charge is 2.36. The van der Waals surface area contributed by atoms with Gasteiger partial charge in [-0.25, -0.2) is 4.39 Å². The van der Waals surface area contributed by atoms with E-state index >= 15 is 0 Å². The SMILES string of the molecule is CC(C)CN1C(=O)c2ccccc2C1Nc1ccc(C(=O)Nc2ccccc2F)cc1. The van der Waals surface area contributed by atoms with Gasteiger partial charge in [0, 0.05) is 28.9 Å². The van der Waals surface area contributed by atoms with Crippen molar-refractivity contribution >= 4 is 23.2 Å². The second kappa shape index (κ2) is 8.60. The molecule has 0 aromatic heterocycles. The zero-order valence-corrected chi connectivity index (χ0v) is 17.4. The summed E-state index contributed by atoms with van der Waals surface area (Å²) in [5.74, 6) is -0.530. The first-order chi connectivity index (χ1) is 14.9. The summed E-state index contributed by atoms with van der Waals surface area (Å²) in [6.45, 7) is 4.79. The fourth-order valence-electron chi connectivity index (χ4n) is 3.74. The lowest BCUT2D eigenvalue weighted by molar-refractivity contribution is 0.0720. The van der Waals surface area contributed by atoms with E-state index in [1.165, 1.54) is 12.1 Å². The summed E-state index contributed by atoms with van der Waals surface area (Å²) < 4.78 is 13.8. The average molecular weight is 417 g/mol. The van der Waals surface area contributed by atoms with Gasteiger partial charge in [-0.05, 0) is 48.4 Å². The minimum absolute atomic E-state index is 0.0164. The predicted octanol–water partition coefficient (Wildman–Crippen LogP) is 5.30. The quantitative estimate of drug-likeness (QED) is 0.572. The molecular formula is C25H24FN3O2. The van der Waals surface area contributed by atoms with Crippen molar-refractivity contribution in [3.63, 3.8) is 0 Å². The predicted molar refractivity (Wildman–Crippen MR) is 119 cm³/mol. The van der Waals surface area contributed by atoms with Crippen molar-refractivity contribution in [3.05, 3.63) is 95.3 Å². The third-order valence-corrected chi connectivity index (χ3v) is 5.19. The Hall–Kier alpha value is -3.67. The maximum atomic E-state index is 13.8. The van der Waals surface area contributed by atoms with Crippen molar-refractivity contribution in [2.24, 2.45) is 5.92 Å². The zero-order valence-electron chi connectivity index (χ0n) is 17.4. The maximum Gasteiger partial charge on any atom is 0.256 e. The normalized spacial score (nSPS) is 15.2. The Morgan fingerprint density at radius 1 is 1.00 bits per heavy atom. The lowest BCUT2D eigenvalue weighted by Gasteiger charge is -2.28. The Labute approximate surface area is 180 Å². The number of nitrogens with zero attached hydrogens (tertiary/aromatic N) is 1. The number of benzene rings is 3. The number of anilines is 2. The summed E-state index contributed by atoms with van der Waals surface area (Å²) in [7, 11) is 0. The average Bonchev–Trinajstić information content (AvgIpc) is 3.01. The highest BCUT2D eigenvalue weighted by atomic mass is 19.1. The van der Waals surface area contributed by atoms with Gasteiger partial charge in [0.15, 0.2) is 0 Å². The van der Waals surface area contributed by atoms with Crippen LogP contribution in [-0.4, -0.2) is 23.3 Å². The van der Waals surface area contributed by atoms with Crippen molar-refractivity contribution in [2.75, 3.05) is 17.2 Å². The molecule has 3 aromatic carbocycles. The number of hydrogen-bond donors (Lipinski definition) is 2. The highest BCUT2D eigenvalue weighted by molar-refractivity contribution is 6.04. The molecule has 3 aromatic rings. The van der Waals surface area contributed by atoms with Crippen LogP contribution in [0.25, 0.3) is 0 Å². The first-order valence-corrected chi connectivity index (χ1v) is 10.3. The van der Waals surface area contributed by atoms with E-state index in [0.29, 0.717) is 23.6 Å². The largest absolute Gasteiger partial charge is 0.361 e. The molecule has 2 amide bonds. The van der Waals surface area contributed by atoms with Crippen LogP contribution in [0.2, 0.25) is 0 Å². The fraction of sp³-hybridized carbons (Fsp3) is 0.200. The van der Waals surface area contributed by atoms with E-state index in [4.69, 9.17) is 0 Å². The minimum Gasteiger partial charge on any atom is -0.361 e. The van der Waals surface area contributed by atoms with Crippen molar-refractivity contribution in [1.82, 2.24) is 4.90 Å². The van der Waals surface area contributed by atoms with Crippen LogP contribution in [0.15, 0.2) is 72.8 Å². The molecule has 0 bridgehead atoms. The number of nitrogens with one attached hydrogen (secondary N) is 2. The Morgan fingerprint density at radius 3 is 2.39 bits per heavy atom. The van der Waals surface area contributed by atoms with Crippen molar-refractivity contribution in [2.45, 2.75) is 20.0 Å². The monoisotopic (exact) mass is 417 g/mol. The molecule has 0 saturated carbocycles. The molecule has 6 heteroatoms. The smallest absolute Gasteiger partial charge is 0.256 e. The number of amides is 2. The van der Waals surface area contributed by atoms with Crippen molar-refractivity contribution in [3.8, 4) is 0 Å². The van der Waals surface area contributed by atoms with Crippen molar-refractivity contribution in [1.29, 1.82) is 0 Å². The lowest BCUT2D eigenvalue weighted by Crippen LogP contribution is -2.35. The molecule has 158 valence electrons. The summed E-state index contributed by atoms with van der Waals surface area (Å²) in [5.41, 5.74) is 2.98. The molecule has 0 fully saturated rings. The molecule has 1 atom stereocenters. The van der Waals surface area contributed by atoms with Gasteiger partial charge >= 0.3 is 0 Å². The number of hydrogen-bond acceptors (Lipinski definition) is 3. The van der Waals surface area contributed by atoms with Gasteiger partial charge in [-0.1, -0.05) is 44.2 Å². The van der Waals surface area contributed by atoms with Crippen LogP contribution in [0.5, 0.6) is 0 Å². The van der Waals surface area contributed by atoms with E-state index in [1.807, 2.05) is 29.2 Å². The van der Waals surface area contributed by atoms with Crippen LogP contribution in [0.3, 0.4) is 0 Å². The van der Waals surface area contributed by atoms with Crippen LogP contribution in [0, 0.1) is 11.7 Å². The molecule has 4 rings (SSSR count). The van der Waals surface area contributed by atoms with E-state index in [9.17, 15) is 14.0 Å². The lowest BCUT2D eigenvalue weighted by atomic mass is 10.1. The van der Waals surface area contributed by atoms with Gasteiger partial charge in [0.05, 0.1) is 5.69 Å². The van der Waals surface area contributed by atoms with Gasteiger partial charge in [0.1, 0.15) is 12.0 Å².